The van der Waals surface area contributed by atoms with Crippen molar-refractivity contribution in [3.8, 4) is 5.75 Å². The van der Waals surface area contributed by atoms with E-state index in [1.807, 2.05) is 6.07 Å². The molecule has 0 aromatic heterocycles. The van der Waals surface area contributed by atoms with Gasteiger partial charge in [0.15, 0.2) is 11.6 Å². The van der Waals surface area contributed by atoms with Gasteiger partial charge in [0, 0.05) is 0 Å². The van der Waals surface area contributed by atoms with Gasteiger partial charge in [0.2, 0.25) is 0 Å². The number of hydrogen-bond acceptors (Lipinski definition) is 2. The topological polar surface area (TPSA) is 21.3 Å². The molecule has 2 nitrogen and oxygen atoms in total. The van der Waals surface area contributed by atoms with Crippen molar-refractivity contribution >= 4 is 0 Å². The Labute approximate surface area is 94.8 Å². The lowest BCUT2D eigenvalue weighted by Crippen LogP contribution is -2.48. The van der Waals surface area contributed by atoms with Gasteiger partial charge in [0.05, 0.1) is 0 Å². The summed E-state index contributed by atoms with van der Waals surface area (Å²) in [5, 5.41) is 3.32. The standard InChI is InChI=1S/C13H16FNO/c14-11-3-1-2-10-4-5-13(16-12(10)11)6-8-15-9-7-13/h1-3,15H,4-9H2. The summed E-state index contributed by atoms with van der Waals surface area (Å²) < 4.78 is 19.6. The number of rotatable bonds is 0. The molecule has 0 radical (unpaired) electrons. The van der Waals surface area contributed by atoms with Crippen LogP contribution in [0.4, 0.5) is 4.39 Å². The molecular formula is C13H16FNO. The summed E-state index contributed by atoms with van der Waals surface area (Å²) in [6.45, 7) is 1.95. The summed E-state index contributed by atoms with van der Waals surface area (Å²) in [6.07, 6.45) is 3.93. The van der Waals surface area contributed by atoms with E-state index in [9.17, 15) is 4.39 Å². The average molecular weight is 221 g/mol. The molecule has 1 fully saturated rings. The molecule has 0 aliphatic carbocycles. The minimum Gasteiger partial charge on any atom is -0.484 e. The van der Waals surface area contributed by atoms with E-state index in [1.165, 1.54) is 6.07 Å². The largest absolute Gasteiger partial charge is 0.484 e. The second-order valence-corrected chi connectivity index (χ2v) is 4.76. The zero-order valence-corrected chi connectivity index (χ0v) is 9.26. The molecule has 86 valence electrons. The van der Waals surface area contributed by atoms with Crippen LogP contribution in [0.25, 0.3) is 0 Å². The first kappa shape index (κ1) is 10.1. The molecule has 1 spiro atoms. The van der Waals surface area contributed by atoms with Crippen LogP contribution in [0.15, 0.2) is 18.2 Å². The molecule has 1 aromatic carbocycles. The first-order valence-electron chi connectivity index (χ1n) is 5.96. The molecule has 1 saturated heterocycles. The van der Waals surface area contributed by atoms with Gasteiger partial charge in [-0.15, -0.1) is 0 Å². The first-order chi connectivity index (χ1) is 7.79. The predicted octanol–water partition coefficient (Wildman–Crippen LogP) is 2.27. The third-order valence-electron chi connectivity index (χ3n) is 3.73. The van der Waals surface area contributed by atoms with Gasteiger partial charge in [-0.2, -0.15) is 0 Å². The number of fused-ring (bicyclic) bond motifs is 1. The summed E-state index contributed by atoms with van der Waals surface area (Å²) in [4.78, 5) is 0. The summed E-state index contributed by atoms with van der Waals surface area (Å²) in [5.41, 5.74) is 0.907. The van der Waals surface area contributed by atoms with Crippen molar-refractivity contribution in [2.24, 2.45) is 0 Å². The van der Waals surface area contributed by atoms with E-state index < -0.39 is 0 Å². The van der Waals surface area contributed by atoms with Gasteiger partial charge in [-0.25, -0.2) is 4.39 Å². The lowest BCUT2D eigenvalue weighted by molar-refractivity contribution is 0.0131. The van der Waals surface area contributed by atoms with Crippen molar-refractivity contribution in [2.75, 3.05) is 13.1 Å². The molecule has 0 saturated carbocycles. The van der Waals surface area contributed by atoms with E-state index in [1.54, 1.807) is 6.07 Å². The van der Waals surface area contributed by atoms with Crippen molar-refractivity contribution in [3.63, 3.8) is 0 Å². The van der Waals surface area contributed by atoms with Crippen LogP contribution in [0, 0.1) is 5.82 Å². The molecule has 3 rings (SSSR count). The molecule has 3 heteroatoms. The lowest BCUT2D eigenvalue weighted by atomic mass is 9.84. The fourth-order valence-corrected chi connectivity index (χ4v) is 2.73. The summed E-state index contributed by atoms with van der Waals surface area (Å²) >= 11 is 0. The number of halogens is 1. The Morgan fingerprint density at radius 1 is 1.19 bits per heavy atom. The second-order valence-electron chi connectivity index (χ2n) is 4.76. The van der Waals surface area contributed by atoms with Gasteiger partial charge in [0.25, 0.3) is 0 Å². The highest BCUT2D eigenvalue weighted by molar-refractivity contribution is 5.37. The predicted molar refractivity (Wildman–Crippen MR) is 60.2 cm³/mol. The number of nitrogens with one attached hydrogen (secondary N) is 1. The van der Waals surface area contributed by atoms with E-state index in [0.717, 1.165) is 44.3 Å². The van der Waals surface area contributed by atoms with Gasteiger partial charge in [-0.05, 0) is 50.4 Å². The van der Waals surface area contributed by atoms with Crippen molar-refractivity contribution in [1.82, 2.24) is 5.32 Å². The SMILES string of the molecule is Fc1cccc2c1OC1(CCNCC1)CC2. The van der Waals surface area contributed by atoms with Gasteiger partial charge < -0.3 is 10.1 Å². The maximum absolute atomic E-state index is 13.7. The third-order valence-corrected chi connectivity index (χ3v) is 3.73. The quantitative estimate of drug-likeness (QED) is 0.725. The highest BCUT2D eigenvalue weighted by Crippen LogP contribution is 2.39. The number of para-hydroxylation sites is 1. The molecule has 0 unspecified atom stereocenters. The van der Waals surface area contributed by atoms with Crippen molar-refractivity contribution in [2.45, 2.75) is 31.3 Å². The Bertz CT molecular complexity index is 399. The number of ether oxygens (including phenoxy) is 1. The number of benzene rings is 1. The van der Waals surface area contributed by atoms with Crippen molar-refractivity contribution < 1.29 is 9.13 Å². The van der Waals surface area contributed by atoms with Crippen molar-refractivity contribution in [3.05, 3.63) is 29.6 Å². The fraction of sp³-hybridized carbons (Fsp3) is 0.538. The highest BCUT2D eigenvalue weighted by atomic mass is 19.1. The number of piperidine rings is 1. The Kier molecular flexibility index (Phi) is 2.36. The summed E-state index contributed by atoms with van der Waals surface area (Å²) in [7, 11) is 0. The van der Waals surface area contributed by atoms with Crippen LogP contribution in [-0.2, 0) is 6.42 Å². The molecule has 2 aliphatic heterocycles. The highest BCUT2D eigenvalue weighted by Gasteiger charge is 2.38. The Hall–Kier alpha value is -1.09. The molecule has 1 N–H and O–H groups in total. The Morgan fingerprint density at radius 2 is 2.00 bits per heavy atom. The molecule has 0 amide bonds. The molecular weight excluding hydrogens is 205 g/mol. The fourth-order valence-electron chi connectivity index (χ4n) is 2.73. The molecule has 2 aliphatic rings. The van der Waals surface area contributed by atoms with E-state index in [2.05, 4.69) is 5.32 Å². The van der Waals surface area contributed by atoms with E-state index in [0.29, 0.717) is 5.75 Å². The minimum atomic E-state index is -0.213. The first-order valence-corrected chi connectivity index (χ1v) is 5.96. The molecule has 1 aromatic rings. The summed E-state index contributed by atoms with van der Waals surface area (Å²) in [6, 6.07) is 5.21. The number of aryl methyl sites for hydroxylation is 1. The summed E-state index contributed by atoms with van der Waals surface area (Å²) in [5.74, 6) is 0.283. The van der Waals surface area contributed by atoms with Crippen LogP contribution in [0.2, 0.25) is 0 Å². The van der Waals surface area contributed by atoms with Gasteiger partial charge in [0.1, 0.15) is 5.60 Å². The zero-order chi connectivity index (χ0) is 11.0. The molecule has 0 atom stereocenters. The normalized spacial score (nSPS) is 22.6. The Balaban J connectivity index is 1.92. The van der Waals surface area contributed by atoms with Crippen LogP contribution in [0.1, 0.15) is 24.8 Å². The maximum Gasteiger partial charge on any atom is 0.165 e. The molecule has 16 heavy (non-hydrogen) atoms. The smallest absolute Gasteiger partial charge is 0.165 e. The van der Waals surface area contributed by atoms with Crippen molar-refractivity contribution in [1.29, 1.82) is 0 Å². The van der Waals surface area contributed by atoms with Gasteiger partial charge in [-0.1, -0.05) is 12.1 Å². The van der Waals surface area contributed by atoms with E-state index in [4.69, 9.17) is 4.74 Å². The van der Waals surface area contributed by atoms with Crippen LogP contribution in [-0.4, -0.2) is 18.7 Å². The van der Waals surface area contributed by atoms with E-state index in [-0.39, 0.29) is 11.4 Å². The van der Waals surface area contributed by atoms with E-state index >= 15 is 0 Å². The van der Waals surface area contributed by atoms with Crippen LogP contribution >= 0.6 is 0 Å². The number of hydrogen-bond donors (Lipinski definition) is 1. The van der Waals surface area contributed by atoms with Gasteiger partial charge in [-0.3, -0.25) is 0 Å². The maximum atomic E-state index is 13.7. The second kappa shape index (κ2) is 3.74. The monoisotopic (exact) mass is 221 g/mol. The minimum absolute atomic E-state index is 0.111. The van der Waals surface area contributed by atoms with Crippen LogP contribution in [0.3, 0.4) is 0 Å². The van der Waals surface area contributed by atoms with Crippen LogP contribution in [0.5, 0.6) is 5.75 Å². The van der Waals surface area contributed by atoms with Crippen LogP contribution < -0.4 is 10.1 Å². The zero-order valence-electron chi connectivity index (χ0n) is 9.26. The average Bonchev–Trinajstić information content (AvgIpc) is 2.32. The lowest BCUT2D eigenvalue weighted by Gasteiger charge is -2.41. The molecule has 2 heterocycles. The third kappa shape index (κ3) is 1.59. The Morgan fingerprint density at radius 3 is 2.81 bits per heavy atom. The molecule has 0 bridgehead atoms. The van der Waals surface area contributed by atoms with Gasteiger partial charge >= 0.3 is 0 Å².